The van der Waals surface area contributed by atoms with E-state index in [1.165, 1.54) is 0 Å². The number of amides is 1. The number of rotatable bonds is 3. The van der Waals surface area contributed by atoms with E-state index in [1.807, 2.05) is 50.5 Å². The third-order valence-electron chi connectivity index (χ3n) is 4.58. The summed E-state index contributed by atoms with van der Waals surface area (Å²) in [6, 6.07) is 12.0. The van der Waals surface area contributed by atoms with Crippen molar-refractivity contribution in [3.63, 3.8) is 0 Å². The quantitative estimate of drug-likeness (QED) is 0.732. The van der Waals surface area contributed by atoms with Crippen LogP contribution in [0.25, 0.3) is 22.4 Å². The van der Waals surface area contributed by atoms with E-state index < -0.39 is 0 Å². The van der Waals surface area contributed by atoms with Crippen LogP contribution in [0.1, 0.15) is 21.6 Å². The zero-order chi connectivity index (χ0) is 18.3. The Hall–Kier alpha value is -3.46. The van der Waals surface area contributed by atoms with Crippen LogP contribution >= 0.6 is 0 Å². The second-order valence-corrected chi connectivity index (χ2v) is 6.47. The number of hydrogen-bond acceptors (Lipinski definition) is 4. The first-order valence-corrected chi connectivity index (χ1v) is 8.33. The SMILES string of the molecule is Cc1ccc(-c2cnn(CC#N)c2)c(-c2ccc3c(c2)C(=O)N(C)C3)n1. The van der Waals surface area contributed by atoms with E-state index in [9.17, 15) is 4.79 Å². The zero-order valence-corrected chi connectivity index (χ0v) is 14.6. The first kappa shape index (κ1) is 16.0. The molecule has 4 rings (SSSR count). The summed E-state index contributed by atoms with van der Waals surface area (Å²) in [4.78, 5) is 18.8. The summed E-state index contributed by atoms with van der Waals surface area (Å²) >= 11 is 0. The average molecular weight is 343 g/mol. The lowest BCUT2D eigenvalue weighted by molar-refractivity contribution is 0.0816. The van der Waals surface area contributed by atoms with E-state index in [0.717, 1.165) is 39.2 Å². The van der Waals surface area contributed by atoms with Crippen LogP contribution in [0.4, 0.5) is 0 Å². The Kier molecular flexibility index (Phi) is 3.77. The second-order valence-electron chi connectivity index (χ2n) is 6.47. The van der Waals surface area contributed by atoms with Crippen LogP contribution in [0.3, 0.4) is 0 Å². The van der Waals surface area contributed by atoms with Gasteiger partial charge in [0.25, 0.3) is 5.91 Å². The smallest absolute Gasteiger partial charge is 0.254 e. The maximum Gasteiger partial charge on any atom is 0.254 e. The fourth-order valence-corrected chi connectivity index (χ4v) is 3.26. The fourth-order valence-electron chi connectivity index (χ4n) is 3.26. The molecule has 0 radical (unpaired) electrons. The molecule has 0 atom stereocenters. The molecule has 0 aliphatic carbocycles. The summed E-state index contributed by atoms with van der Waals surface area (Å²) in [6.07, 6.45) is 3.57. The summed E-state index contributed by atoms with van der Waals surface area (Å²) in [7, 11) is 1.81. The molecular formula is C20H17N5O. The van der Waals surface area contributed by atoms with Crippen LogP contribution in [0, 0.1) is 18.3 Å². The molecule has 1 aliphatic heterocycles. The van der Waals surface area contributed by atoms with Crippen LogP contribution in [-0.4, -0.2) is 32.6 Å². The van der Waals surface area contributed by atoms with Gasteiger partial charge in [-0.15, -0.1) is 0 Å². The summed E-state index contributed by atoms with van der Waals surface area (Å²) in [6.45, 7) is 2.79. The van der Waals surface area contributed by atoms with Gasteiger partial charge in [0.05, 0.1) is 18.0 Å². The number of carbonyl (C=O) groups is 1. The molecule has 1 aromatic carbocycles. The van der Waals surface area contributed by atoms with Gasteiger partial charge < -0.3 is 4.90 Å². The number of aryl methyl sites for hydroxylation is 1. The van der Waals surface area contributed by atoms with Crippen LogP contribution in [0.15, 0.2) is 42.7 Å². The Morgan fingerprint density at radius 1 is 1.19 bits per heavy atom. The van der Waals surface area contributed by atoms with Gasteiger partial charge in [-0.25, -0.2) is 0 Å². The van der Waals surface area contributed by atoms with E-state index in [-0.39, 0.29) is 12.5 Å². The molecule has 6 heteroatoms. The Bertz CT molecular complexity index is 1060. The van der Waals surface area contributed by atoms with Crippen LogP contribution < -0.4 is 0 Å². The monoisotopic (exact) mass is 343 g/mol. The van der Waals surface area contributed by atoms with Gasteiger partial charge in [-0.2, -0.15) is 10.4 Å². The lowest BCUT2D eigenvalue weighted by Gasteiger charge is -2.10. The molecule has 0 saturated carbocycles. The standard InChI is InChI=1S/C20H17N5O/c1-13-3-6-17(16-10-22-25(12-16)8-7-21)19(23-13)14-4-5-15-11-24(2)20(26)18(15)9-14/h3-6,9-10,12H,8,11H2,1-2H3. The minimum atomic E-state index is 0.0397. The van der Waals surface area contributed by atoms with Gasteiger partial charge in [0.2, 0.25) is 0 Å². The number of benzene rings is 1. The first-order valence-electron chi connectivity index (χ1n) is 8.33. The molecule has 0 unspecified atom stereocenters. The maximum atomic E-state index is 12.3. The molecule has 128 valence electrons. The molecule has 0 fully saturated rings. The molecule has 0 saturated heterocycles. The zero-order valence-electron chi connectivity index (χ0n) is 14.6. The van der Waals surface area contributed by atoms with Crippen molar-refractivity contribution in [1.82, 2.24) is 19.7 Å². The summed E-state index contributed by atoms with van der Waals surface area (Å²) < 4.78 is 1.60. The number of carbonyl (C=O) groups excluding carboxylic acids is 1. The van der Waals surface area contributed by atoms with Crippen molar-refractivity contribution in [3.8, 4) is 28.5 Å². The molecule has 6 nitrogen and oxygen atoms in total. The van der Waals surface area contributed by atoms with Crippen LogP contribution in [-0.2, 0) is 13.1 Å². The largest absolute Gasteiger partial charge is 0.337 e. The topological polar surface area (TPSA) is 74.8 Å². The van der Waals surface area contributed by atoms with E-state index in [4.69, 9.17) is 10.2 Å². The molecule has 2 aromatic heterocycles. The molecule has 1 amide bonds. The lowest BCUT2D eigenvalue weighted by atomic mass is 9.98. The van der Waals surface area contributed by atoms with Crippen molar-refractivity contribution in [2.24, 2.45) is 0 Å². The highest BCUT2D eigenvalue weighted by Crippen LogP contribution is 2.33. The predicted molar refractivity (Wildman–Crippen MR) is 97.0 cm³/mol. The van der Waals surface area contributed by atoms with E-state index in [0.29, 0.717) is 6.54 Å². The molecule has 3 heterocycles. The normalized spacial score (nSPS) is 13.0. The predicted octanol–water partition coefficient (Wildman–Crippen LogP) is 3.03. The molecule has 0 bridgehead atoms. The van der Waals surface area contributed by atoms with Crippen molar-refractivity contribution >= 4 is 5.91 Å². The van der Waals surface area contributed by atoms with Crippen molar-refractivity contribution in [2.45, 2.75) is 20.0 Å². The van der Waals surface area contributed by atoms with Gasteiger partial charge in [0.15, 0.2) is 0 Å². The fraction of sp³-hybridized carbons (Fsp3) is 0.200. The molecular weight excluding hydrogens is 326 g/mol. The molecule has 0 spiro atoms. The summed E-state index contributed by atoms with van der Waals surface area (Å²) in [5, 5.41) is 13.1. The van der Waals surface area contributed by atoms with Crippen molar-refractivity contribution in [1.29, 1.82) is 5.26 Å². The van der Waals surface area contributed by atoms with Gasteiger partial charge in [-0.3, -0.25) is 14.5 Å². The number of fused-ring (bicyclic) bond motifs is 1. The second kappa shape index (κ2) is 6.12. The maximum absolute atomic E-state index is 12.3. The highest BCUT2D eigenvalue weighted by atomic mass is 16.2. The minimum Gasteiger partial charge on any atom is -0.337 e. The van der Waals surface area contributed by atoms with Gasteiger partial charge in [-0.1, -0.05) is 18.2 Å². The first-order chi connectivity index (χ1) is 12.6. The van der Waals surface area contributed by atoms with Gasteiger partial charge in [0.1, 0.15) is 6.54 Å². The number of aromatic nitrogens is 3. The van der Waals surface area contributed by atoms with E-state index in [2.05, 4.69) is 11.2 Å². The Morgan fingerprint density at radius 2 is 2.04 bits per heavy atom. The van der Waals surface area contributed by atoms with Gasteiger partial charge in [0, 0.05) is 47.7 Å². The molecule has 26 heavy (non-hydrogen) atoms. The summed E-state index contributed by atoms with van der Waals surface area (Å²) in [5.74, 6) is 0.0397. The summed E-state index contributed by atoms with van der Waals surface area (Å²) in [5.41, 5.74) is 6.21. The van der Waals surface area contributed by atoms with Crippen molar-refractivity contribution in [3.05, 3.63) is 59.5 Å². The van der Waals surface area contributed by atoms with Crippen molar-refractivity contribution < 1.29 is 4.79 Å². The third-order valence-corrected chi connectivity index (χ3v) is 4.58. The highest BCUT2D eigenvalue weighted by Gasteiger charge is 2.25. The highest BCUT2D eigenvalue weighted by molar-refractivity contribution is 5.99. The Labute approximate surface area is 151 Å². The van der Waals surface area contributed by atoms with E-state index in [1.54, 1.807) is 15.8 Å². The van der Waals surface area contributed by atoms with Gasteiger partial charge in [-0.05, 0) is 24.6 Å². The number of nitriles is 1. The molecule has 3 aromatic rings. The number of nitrogens with zero attached hydrogens (tertiary/aromatic N) is 5. The van der Waals surface area contributed by atoms with Gasteiger partial charge >= 0.3 is 0 Å². The van der Waals surface area contributed by atoms with Crippen molar-refractivity contribution in [2.75, 3.05) is 7.05 Å². The molecule has 0 N–H and O–H groups in total. The lowest BCUT2D eigenvalue weighted by Crippen LogP contribution is -2.17. The number of pyridine rings is 1. The van der Waals surface area contributed by atoms with E-state index >= 15 is 0 Å². The minimum absolute atomic E-state index is 0.0397. The van der Waals surface area contributed by atoms with Crippen LogP contribution in [0.2, 0.25) is 0 Å². The number of hydrogen-bond donors (Lipinski definition) is 0. The van der Waals surface area contributed by atoms with Crippen LogP contribution in [0.5, 0.6) is 0 Å². The Morgan fingerprint density at radius 3 is 2.85 bits per heavy atom. The average Bonchev–Trinajstić information content (AvgIpc) is 3.20. The Balaban J connectivity index is 1.83. The molecule has 1 aliphatic rings. The third kappa shape index (κ3) is 2.64.